The second-order valence-corrected chi connectivity index (χ2v) is 10.3. The van der Waals surface area contributed by atoms with Crippen molar-refractivity contribution in [2.45, 2.75) is 79.1 Å². The first-order chi connectivity index (χ1) is 13.9. The van der Waals surface area contributed by atoms with E-state index in [2.05, 4.69) is 43.1 Å². The van der Waals surface area contributed by atoms with E-state index in [1.807, 2.05) is 13.8 Å². The fourth-order valence-corrected chi connectivity index (χ4v) is 4.35. The quantitative estimate of drug-likeness (QED) is 0.636. The molecule has 1 aliphatic heterocycles. The number of allylic oxidation sites excluding steroid dienone is 1. The Morgan fingerprint density at radius 1 is 1.20 bits per heavy atom. The highest BCUT2D eigenvalue weighted by Gasteiger charge is 2.26. The van der Waals surface area contributed by atoms with E-state index in [9.17, 15) is 9.00 Å². The van der Waals surface area contributed by atoms with E-state index in [1.165, 1.54) is 17.9 Å². The molecule has 4 N–H and O–H groups in total. The van der Waals surface area contributed by atoms with Crippen molar-refractivity contribution in [2.24, 2.45) is 20.2 Å². The third-order valence-corrected chi connectivity index (χ3v) is 6.23. The molecule has 7 nitrogen and oxygen atoms in total. The van der Waals surface area contributed by atoms with Crippen LogP contribution in [0, 0.1) is 0 Å². The number of rotatable bonds is 7. The summed E-state index contributed by atoms with van der Waals surface area (Å²) in [6, 6.07) is 2.19. The number of carbonyl (C=O) groups excluding carboxylic acids is 1. The van der Waals surface area contributed by atoms with Gasteiger partial charge < -0.3 is 10.5 Å². The van der Waals surface area contributed by atoms with Gasteiger partial charge in [-0.1, -0.05) is 33.8 Å². The van der Waals surface area contributed by atoms with Crippen LogP contribution >= 0.6 is 0 Å². The zero-order valence-electron chi connectivity index (χ0n) is 18.8. The Morgan fingerprint density at radius 2 is 1.87 bits per heavy atom. The van der Waals surface area contributed by atoms with Crippen molar-refractivity contribution in [1.29, 1.82) is 0 Å². The fraction of sp³-hybridized carbons (Fsp3) is 0.545. The number of nitrogens with zero attached hydrogens (tertiary/aromatic N) is 2. The van der Waals surface area contributed by atoms with E-state index in [0.717, 1.165) is 22.3 Å². The maximum atomic E-state index is 12.8. The molecular weight excluding hydrogens is 400 g/mol. The summed E-state index contributed by atoms with van der Waals surface area (Å²) in [6.45, 7) is 13.3. The normalized spacial score (nSPS) is 16.5. The number of fused-ring (bicyclic) bond motifs is 1. The van der Waals surface area contributed by atoms with Gasteiger partial charge in [-0.3, -0.25) is 9.79 Å². The van der Waals surface area contributed by atoms with Crippen LogP contribution < -0.4 is 10.9 Å². The zero-order chi connectivity index (χ0) is 22.6. The van der Waals surface area contributed by atoms with E-state index in [0.29, 0.717) is 13.2 Å². The summed E-state index contributed by atoms with van der Waals surface area (Å²) in [5.74, 6) is -0.126. The van der Waals surface area contributed by atoms with Gasteiger partial charge in [0, 0.05) is 12.3 Å². The second-order valence-electron chi connectivity index (χ2n) is 8.49. The molecule has 0 bridgehead atoms. The van der Waals surface area contributed by atoms with Crippen LogP contribution in [0.25, 0.3) is 0 Å². The standard InChI is InChI=1S/C22H34N4O3S/c1-13(2)17-9-16-11-29-12-19(16)22(14(3)4)18(17)10-21(27)26-30(24,28)20(23)7-8-25-15(5)6/h7-9,13-15H,10-12,23H2,1-6H3,(H2,24,26,27,28). The third kappa shape index (κ3) is 5.77. The van der Waals surface area contributed by atoms with Crippen LogP contribution in [0.2, 0.25) is 0 Å². The highest BCUT2D eigenvalue weighted by Crippen LogP contribution is 2.37. The van der Waals surface area contributed by atoms with Gasteiger partial charge in [0.05, 0.1) is 19.6 Å². The average molecular weight is 435 g/mol. The lowest BCUT2D eigenvalue weighted by Gasteiger charge is -2.22. The average Bonchev–Trinajstić information content (AvgIpc) is 3.07. The lowest BCUT2D eigenvalue weighted by molar-refractivity contribution is -0.117. The molecule has 1 aromatic carbocycles. The van der Waals surface area contributed by atoms with Crippen LogP contribution in [0.4, 0.5) is 0 Å². The summed E-state index contributed by atoms with van der Waals surface area (Å²) < 4.78 is 22.1. The highest BCUT2D eigenvalue weighted by atomic mass is 32.2. The SMILES string of the molecule is CC(C)N=CC=C(N)S(N)(=O)=NC(=O)Cc1c(C(C)C)cc2c(c1C(C)C)COC2. The largest absolute Gasteiger partial charge is 0.390 e. The summed E-state index contributed by atoms with van der Waals surface area (Å²) in [4.78, 5) is 16.9. The minimum Gasteiger partial charge on any atom is -0.390 e. The molecule has 1 aromatic rings. The monoisotopic (exact) mass is 434 g/mol. The van der Waals surface area contributed by atoms with Crippen LogP contribution in [-0.2, 0) is 39.1 Å². The van der Waals surface area contributed by atoms with E-state index >= 15 is 0 Å². The molecule has 30 heavy (non-hydrogen) atoms. The zero-order valence-corrected chi connectivity index (χ0v) is 19.6. The van der Waals surface area contributed by atoms with Crippen LogP contribution in [-0.4, -0.2) is 22.4 Å². The Kier molecular flexibility index (Phi) is 7.96. The smallest absolute Gasteiger partial charge is 0.259 e. The summed E-state index contributed by atoms with van der Waals surface area (Å²) in [6.07, 6.45) is 2.79. The molecule has 2 rings (SSSR count). The fourth-order valence-electron chi connectivity index (χ4n) is 3.62. The van der Waals surface area contributed by atoms with Gasteiger partial charge in [0.15, 0.2) is 9.92 Å². The predicted octanol–water partition coefficient (Wildman–Crippen LogP) is 3.65. The summed E-state index contributed by atoms with van der Waals surface area (Å²) in [7, 11) is -3.51. The minimum atomic E-state index is -3.51. The lowest BCUT2D eigenvalue weighted by Crippen LogP contribution is -2.23. The molecule has 0 radical (unpaired) electrons. The van der Waals surface area contributed by atoms with Crippen molar-refractivity contribution in [3.63, 3.8) is 0 Å². The topological polar surface area (TPSA) is 120 Å². The second kappa shape index (κ2) is 9.85. The lowest BCUT2D eigenvalue weighted by atomic mass is 9.82. The number of ether oxygens (including phenoxy) is 1. The molecule has 1 heterocycles. The van der Waals surface area contributed by atoms with E-state index in [-0.39, 0.29) is 29.3 Å². The Bertz CT molecular complexity index is 985. The first kappa shape index (κ1) is 24.2. The number of carbonyl (C=O) groups is 1. The van der Waals surface area contributed by atoms with Crippen molar-refractivity contribution < 1.29 is 13.7 Å². The van der Waals surface area contributed by atoms with E-state index in [4.69, 9.17) is 15.6 Å². The number of benzene rings is 1. The molecule has 1 amide bonds. The molecule has 1 aliphatic rings. The number of hydrogen-bond donors (Lipinski definition) is 2. The van der Waals surface area contributed by atoms with Gasteiger partial charge in [-0.2, -0.15) is 0 Å². The van der Waals surface area contributed by atoms with Gasteiger partial charge in [0.25, 0.3) is 5.91 Å². The Balaban J connectivity index is 2.45. The number of aliphatic imine (C=N–C) groups is 1. The van der Waals surface area contributed by atoms with Gasteiger partial charge in [-0.25, -0.2) is 9.35 Å². The number of hydrogen-bond acceptors (Lipinski definition) is 5. The van der Waals surface area contributed by atoms with Crippen LogP contribution in [0.15, 0.2) is 26.5 Å². The van der Waals surface area contributed by atoms with E-state index < -0.39 is 15.8 Å². The molecular formula is C22H34N4O3S. The molecule has 1 unspecified atom stereocenters. The summed E-state index contributed by atoms with van der Waals surface area (Å²) >= 11 is 0. The summed E-state index contributed by atoms with van der Waals surface area (Å²) in [5, 5.41) is 5.61. The molecule has 0 fully saturated rings. The molecule has 0 spiro atoms. The van der Waals surface area contributed by atoms with Crippen molar-refractivity contribution in [1.82, 2.24) is 0 Å². The Hall–Kier alpha value is -2.03. The number of amides is 1. The number of nitrogens with two attached hydrogens (primary N) is 2. The minimum absolute atomic E-state index is 0.0237. The van der Waals surface area contributed by atoms with Crippen LogP contribution in [0.5, 0.6) is 0 Å². The van der Waals surface area contributed by atoms with Gasteiger partial charge in [0.2, 0.25) is 0 Å². The maximum Gasteiger partial charge on any atom is 0.259 e. The molecule has 0 aliphatic carbocycles. The first-order valence-electron chi connectivity index (χ1n) is 10.3. The van der Waals surface area contributed by atoms with Crippen molar-refractivity contribution in [3.05, 3.63) is 45.0 Å². The molecule has 0 aromatic heterocycles. The predicted molar refractivity (Wildman–Crippen MR) is 122 cm³/mol. The van der Waals surface area contributed by atoms with Gasteiger partial charge in [-0.15, -0.1) is 4.36 Å². The van der Waals surface area contributed by atoms with Crippen molar-refractivity contribution >= 4 is 22.0 Å². The Morgan fingerprint density at radius 3 is 2.43 bits per heavy atom. The van der Waals surface area contributed by atoms with Gasteiger partial charge >= 0.3 is 0 Å². The van der Waals surface area contributed by atoms with Crippen LogP contribution in [0.3, 0.4) is 0 Å². The van der Waals surface area contributed by atoms with Gasteiger partial charge in [-0.05, 0) is 59.6 Å². The molecule has 0 saturated carbocycles. The van der Waals surface area contributed by atoms with Crippen molar-refractivity contribution in [3.8, 4) is 0 Å². The first-order valence-corrected chi connectivity index (χ1v) is 11.8. The Labute approximate surface area is 180 Å². The summed E-state index contributed by atoms with van der Waals surface area (Å²) in [5.41, 5.74) is 11.3. The highest BCUT2D eigenvalue weighted by molar-refractivity contribution is 7.95. The molecule has 0 saturated heterocycles. The van der Waals surface area contributed by atoms with Gasteiger partial charge in [0.1, 0.15) is 5.03 Å². The van der Waals surface area contributed by atoms with Crippen LogP contribution in [0.1, 0.15) is 81.2 Å². The van der Waals surface area contributed by atoms with Crippen molar-refractivity contribution in [2.75, 3.05) is 0 Å². The molecule has 1 atom stereocenters. The third-order valence-electron chi connectivity index (χ3n) is 4.95. The molecule has 8 heteroatoms. The maximum absolute atomic E-state index is 12.8. The molecule has 166 valence electrons. The van der Waals surface area contributed by atoms with E-state index in [1.54, 1.807) is 0 Å².